The fourth-order valence-electron chi connectivity index (χ4n) is 5.30. The Morgan fingerprint density at radius 2 is 1.92 bits per heavy atom. The number of thiophene rings is 1. The lowest BCUT2D eigenvalue weighted by Gasteiger charge is -2.37. The van der Waals surface area contributed by atoms with E-state index < -0.39 is 17.4 Å². The number of rotatable bonds is 4. The van der Waals surface area contributed by atoms with E-state index in [4.69, 9.17) is 11.6 Å². The zero-order chi connectivity index (χ0) is 26.1. The van der Waals surface area contributed by atoms with E-state index in [9.17, 15) is 22.8 Å². The van der Waals surface area contributed by atoms with Gasteiger partial charge >= 0.3 is 11.9 Å². The van der Waals surface area contributed by atoms with Crippen LogP contribution in [0.3, 0.4) is 0 Å². The highest BCUT2D eigenvalue weighted by molar-refractivity contribution is 7.99. The van der Waals surface area contributed by atoms with Gasteiger partial charge in [0, 0.05) is 58.0 Å². The van der Waals surface area contributed by atoms with Gasteiger partial charge < -0.3 is 9.80 Å². The van der Waals surface area contributed by atoms with E-state index in [1.165, 1.54) is 17.8 Å². The smallest absolute Gasteiger partial charge is 0.352 e. The van der Waals surface area contributed by atoms with E-state index >= 15 is 0 Å². The number of piperazine rings is 1. The molecule has 6 rings (SSSR count). The van der Waals surface area contributed by atoms with Crippen molar-refractivity contribution in [3.8, 4) is 10.4 Å². The van der Waals surface area contributed by atoms with Crippen LogP contribution in [0.2, 0.25) is 5.02 Å². The molecule has 1 unspecified atom stereocenters. The Morgan fingerprint density at radius 1 is 1.19 bits per heavy atom. The second-order valence-corrected chi connectivity index (χ2v) is 11.8. The number of thioether (sulfide) groups is 1. The third-order valence-electron chi connectivity index (χ3n) is 7.23. The largest absolute Gasteiger partial charge is 0.417 e. The molecule has 1 amide bonds. The number of alkyl halides is 3. The van der Waals surface area contributed by atoms with Crippen LogP contribution in [-0.4, -0.2) is 52.3 Å². The molecule has 37 heavy (non-hydrogen) atoms. The summed E-state index contributed by atoms with van der Waals surface area (Å²) in [6.45, 7) is 4.94. The van der Waals surface area contributed by atoms with E-state index in [2.05, 4.69) is 11.6 Å². The first-order valence-corrected chi connectivity index (χ1v) is 14.2. The van der Waals surface area contributed by atoms with Crippen LogP contribution in [0.1, 0.15) is 24.4 Å². The predicted octanol–water partition coefficient (Wildman–Crippen LogP) is 5.69. The van der Waals surface area contributed by atoms with Crippen molar-refractivity contribution in [3.63, 3.8) is 0 Å². The van der Waals surface area contributed by atoms with E-state index in [-0.39, 0.29) is 23.3 Å². The van der Waals surface area contributed by atoms with Crippen LogP contribution in [0.25, 0.3) is 21.3 Å². The summed E-state index contributed by atoms with van der Waals surface area (Å²) >= 11 is 8.66. The number of carbonyl (C=O) groups is 1. The van der Waals surface area contributed by atoms with Crippen molar-refractivity contribution in [1.82, 2.24) is 14.5 Å². The monoisotopic (exact) mass is 566 g/mol. The molecule has 6 nitrogen and oxygen atoms in total. The standard InChI is InChI=1S/C25H22ClF3N4O2S2/c1-2-19(34)31-5-7-32(8-6-31)23-15-10-16(25(27,28)29)20(18-9-14(26)11-36-18)22-21(15)33(24(35)30-23)17(12-37-22)13-3-4-13/h2,9-11,13,17H,1,3-8,12H2. The summed E-state index contributed by atoms with van der Waals surface area (Å²) < 4.78 is 45.3. The minimum Gasteiger partial charge on any atom is -0.352 e. The van der Waals surface area contributed by atoms with Gasteiger partial charge in [-0.25, -0.2) is 4.79 Å². The number of halogens is 4. The van der Waals surface area contributed by atoms with Crippen LogP contribution in [0.4, 0.5) is 19.0 Å². The first kappa shape index (κ1) is 24.8. The summed E-state index contributed by atoms with van der Waals surface area (Å²) in [5, 5.41) is 2.30. The lowest BCUT2D eigenvalue weighted by atomic mass is 10.00. The molecule has 1 aromatic carbocycles. The van der Waals surface area contributed by atoms with Crippen LogP contribution in [-0.2, 0) is 11.0 Å². The Balaban J connectivity index is 1.60. The van der Waals surface area contributed by atoms with Crippen molar-refractivity contribution >= 4 is 57.3 Å². The first-order valence-electron chi connectivity index (χ1n) is 11.9. The van der Waals surface area contributed by atoms with Crippen LogP contribution >= 0.6 is 34.7 Å². The maximum absolute atomic E-state index is 14.6. The number of amides is 1. The van der Waals surface area contributed by atoms with Gasteiger partial charge in [0.15, 0.2) is 0 Å². The summed E-state index contributed by atoms with van der Waals surface area (Å²) in [7, 11) is 0. The summed E-state index contributed by atoms with van der Waals surface area (Å²) in [6, 6.07) is 2.59. The fourth-order valence-corrected chi connectivity index (χ4v) is 7.97. The van der Waals surface area contributed by atoms with Crippen molar-refractivity contribution in [3.05, 3.63) is 51.2 Å². The molecule has 1 saturated carbocycles. The van der Waals surface area contributed by atoms with Gasteiger partial charge in [0.05, 0.1) is 22.1 Å². The number of benzene rings is 1. The minimum absolute atomic E-state index is 0.0721. The molecule has 4 heterocycles. The Bertz CT molecular complexity index is 1490. The Labute approximate surface area is 223 Å². The van der Waals surface area contributed by atoms with E-state index in [0.717, 1.165) is 30.2 Å². The Kier molecular flexibility index (Phi) is 6.08. The maximum atomic E-state index is 14.6. The Hall–Kier alpha value is -2.50. The molecule has 3 aliphatic rings. The number of carbonyl (C=O) groups excluding carboxylic acids is 1. The summed E-state index contributed by atoms with van der Waals surface area (Å²) in [5.41, 5.74) is -0.622. The number of nitrogens with zero attached hydrogens (tertiary/aromatic N) is 4. The molecule has 1 aliphatic carbocycles. The van der Waals surface area contributed by atoms with Crippen LogP contribution < -0.4 is 10.6 Å². The van der Waals surface area contributed by atoms with Crippen LogP contribution in [0.5, 0.6) is 0 Å². The van der Waals surface area contributed by atoms with Gasteiger partial charge in [-0.3, -0.25) is 9.36 Å². The molecule has 0 spiro atoms. The van der Waals surface area contributed by atoms with Crippen molar-refractivity contribution in [2.75, 3.05) is 36.8 Å². The molecule has 0 N–H and O–H groups in total. The van der Waals surface area contributed by atoms with Gasteiger partial charge in [0.1, 0.15) is 5.82 Å². The second kappa shape index (κ2) is 9.06. The molecule has 0 bridgehead atoms. The van der Waals surface area contributed by atoms with Gasteiger partial charge in [-0.2, -0.15) is 18.2 Å². The van der Waals surface area contributed by atoms with Crippen LogP contribution in [0, 0.1) is 5.92 Å². The predicted molar refractivity (Wildman–Crippen MR) is 141 cm³/mol. The van der Waals surface area contributed by atoms with E-state index in [1.807, 2.05) is 4.90 Å². The van der Waals surface area contributed by atoms with Crippen molar-refractivity contribution in [1.29, 1.82) is 0 Å². The van der Waals surface area contributed by atoms with Crippen molar-refractivity contribution in [2.24, 2.45) is 5.92 Å². The topological polar surface area (TPSA) is 58.4 Å². The fraction of sp³-hybridized carbons (Fsp3) is 0.400. The van der Waals surface area contributed by atoms with Gasteiger partial charge in [-0.05, 0) is 37.0 Å². The van der Waals surface area contributed by atoms with Gasteiger partial charge in [0.2, 0.25) is 5.91 Å². The number of aromatic nitrogens is 2. The molecule has 12 heteroatoms. The van der Waals surface area contributed by atoms with Gasteiger partial charge in [-0.1, -0.05) is 18.2 Å². The quantitative estimate of drug-likeness (QED) is 0.380. The second-order valence-electron chi connectivity index (χ2n) is 9.47. The highest BCUT2D eigenvalue weighted by atomic mass is 35.5. The molecular formula is C25H22ClF3N4O2S2. The molecule has 1 atom stereocenters. The third kappa shape index (κ3) is 4.24. The van der Waals surface area contributed by atoms with E-state index in [1.54, 1.807) is 20.9 Å². The number of anilines is 1. The lowest BCUT2D eigenvalue weighted by Crippen LogP contribution is -2.49. The van der Waals surface area contributed by atoms with Crippen LogP contribution in [0.15, 0.2) is 39.9 Å². The molecule has 2 aromatic heterocycles. The SMILES string of the molecule is C=CC(=O)N1CCN(c2nc(=O)n3c4c(c(-c5cc(Cl)cs5)c(C(F)(F)F)cc24)SCC3C2CC2)CC1. The third-order valence-corrected chi connectivity index (χ3v) is 9.72. The molecule has 194 valence electrons. The lowest BCUT2D eigenvalue weighted by molar-refractivity contribution is -0.137. The summed E-state index contributed by atoms with van der Waals surface area (Å²) in [6.07, 6.45) is -1.41. The highest BCUT2D eigenvalue weighted by Gasteiger charge is 2.42. The average Bonchev–Trinajstić information content (AvgIpc) is 3.64. The number of hydrogen-bond donors (Lipinski definition) is 0. The van der Waals surface area contributed by atoms with Gasteiger partial charge in [-0.15, -0.1) is 23.1 Å². The molecule has 3 aromatic rings. The van der Waals surface area contributed by atoms with Gasteiger partial charge in [0.25, 0.3) is 0 Å². The molecule has 2 aliphatic heterocycles. The van der Waals surface area contributed by atoms with Crippen molar-refractivity contribution in [2.45, 2.75) is 30.0 Å². The molecular weight excluding hydrogens is 545 g/mol. The summed E-state index contributed by atoms with van der Waals surface area (Å²) in [5.74, 6) is 0.877. The highest BCUT2D eigenvalue weighted by Crippen LogP contribution is 2.53. The maximum Gasteiger partial charge on any atom is 0.417 e. The molecule has 1 saturated heterocycles. The average molecular weight is 567 g/mol. The zero-order valence-electron chi connectivity index (χ0n) is 19.6. The first-order chi connectivity index (χ1) is 17.7. The molecule has 2 fully saturated rings. The van der Waals surface area contributed by atoms with E-state index in [0.29, 0.717) is 63.5 Å². The summed E-state index contributed by atoms with van der Waals surface area (Å²) in [4.78, 5) is 34.2. The zero-order valence-corrected chi connectivity index (χ0v) is 21.9. The number of hydrogen-bond acceptors (Lipinski definition) is 6. The normalized spacial score (nSPS) is 19.9. The van der Waals surface area contributed by atoms with Crippen molar-refractivity contribution < 1.29 is 18.0 Å². The minimum atomic E-state index is -4.63. The Morgan fingerprint density at radius 3 is 2.51 bits per heavy atom. The molecule has 0 radical (unpaired) electrons.